The molecule has 0 bridgehead atoms. The number of nitrogens with zero attached hydrogens (tertiary/aromatic N) is 1. The number of terminal acetylenes is 1. The van der Waals surface area contributed by atoms with Crippen LogP contribution in [0.1, 0.15) is 12.5 Å². The second-order valence-electron chi connectivity index (χ2n) is 6.16. The van der Waals surface area contributed by atoms with Gasteiger partial charge in [-0.3, -0.25) is 0 Å². The van der Waals surface area contributed by atoms with Gasteiger partial charge in [0.25, 0.3) is 0 Å². The van der Waals surface area contributed by atoms with Gasteiger partial charge in [0.15, 0.2) is 0 Å². The molecule has 0 spiro atoms. The predicted molar refractivity (Wildman–Crippen MR) is 106 cm³/mol. The molecule has 0 atom stereocenters. The fraction of sp³-hybridized carbons (Fsp3) is 0.238. The molecule has 0 heterocycles. The molecule has 2 aromatic rings. The molecule has 0 aliphatic heterocycles. The highest BCUT2D eigenvalue weighted by molar-refractivity contribution is 7.89. The SMILES string of the molecule is C#CCN(CC(=C)C)S(=O)(=O)c1ccc(C)cc1-c1ccc(OC)cc1. The average molecular weight is 369 g/mol. The van der Waals surface area contributed by atoms with E-state index in [2.05, 4.69) is 12.5 Å². The van der Waals surface area contributed by atoms with Crippen LogP contribution >= 0.6 is 0 Å². The van der Waals surface area contributed by atoms with E-state index in [0.717, 1.165) is 16.7 Å². The van der Waals surface area contributed by atoms with Crippen LogP contribution in [0.3, 0.4) is 0 Å². The molecule has 0 saturated heterocycles. The van der Waals surface area contributed by atoms with Crippen molar-refractivity contribution < 1.29 is 13.2 Å². The summed E-state index contributed by atoms with van der Waals surface area (Å²) in [7, 11) is -2.18. The molecular weight excluding hydrogens is 346 g/mol. The Balaban J connectivity index is 2.61. The highest BCUT2D eigenvalue weighted by Crippen LogP contribution is 2.31. The third-order valence-corrected chi connectivity index (χ3v) is 5.72. The minimum Gasteiger partial charge on any atom is -0.497 e. The van der Waals surface area contributed by atoms with Gasteiger partial charge < -0.3 is 4.74 Å². The molecule has 4 nitrogen and oxygen atoms in total. The summed E-state index contributed by atoms with van der Waals surface area (Å²) in [6.45, 7) is 7.69. The molecule has 0 amide bonds. The van der Waals surface area contributed by atoms with Crippen LogP contribution in [-0.4, -0.2) is 32.9 Å². The van der Waals surface area contributed by atoms with Gasteiger partial charge in [0.1, 0.15) is 5.75 Å². The minimum atomic E-state index is -3.77. The van der Waals surface area contributed by atoms with Crippen LogP contribution in [0.15, 0.2) is 59.5 Å². The molecule has 2 aromatic carbocycles. The van der Waals surface area contributed by atoms with Crippen LogP contribution in [0.5, 0.6) is 5.75 Å². The van der Waals surface area contributed by atoms with E-state index < -0.39 is 10.0 Å². The normalized spacial score (nSPS) is 11.2. The third kappa shape index (κ3) is 4.34. The van der Waals surface area contributed by atoms with E-state index in [4.69, 9.17) is 11.2 Å². The Labute approximate surface area is 156 Å². The summed E-state index contributed by atoms with van der Waals surface area (Å²) in [5, 5.41) is 0. The van der Waals surface area contributed by atoms with Gasteiger partial charge >= 0.3 is 0 Å². The van der Waals surface area contributed by atoms with E-state index in [9.17, 15) is 8.42 Å². The molecule has 0 fully saturated rings. The van der Waals surface area contributed by atoms with Gasteiger partial charge in [0.05, 0.1) is 18.6 Å². The Morgan fingerprint density at radius 3 is 2.42 bits per heavy atom. The number of methoxy groups -OCH3 is 1. The molecule has 0 radical (unpaired) electrons. The van der Waals surface area contributed by atoms with Crippen molar-refractivity contribution in [1.82, 2.24) is 4.31 Å². The van der Waals surface area contributed by atoms with Crippen molar-refractivity contribution in [1.29, 1.82) is 0 Å². The molecule has 26 heavy (non-hydrogen) atoms. The molecule has 5 heteroatoms. The van der Waals surface area contributed by atoms with E-state index in [1.165, 1.54) is 4.31 Å². The Hall–Kier alpha value is -2.55. The summed E-state index contributed by atoms with van der Waals surface area (Å²) < 4.78 is 33.0. The van der Waals surface area contributed by atoms with Gasteiger partial charge in [0.2, 0.25) is 10.0 Å². The quantitative estimate of drug-likeness (QED) is 0.550. The highest BCUT2D eigenvalue weighted by Gasteiger charge is 2.27. The maximum absolute atomic E-state index is 13.3. The molecule has 0 aliphatic carbocycles. The standard InChI is InChI=1S/C21H23NO3S/c1-6-13-22(15-16(2)3)26(23,24)21-12-7-17(4)14-20(21)18-8-10-19(25-5)11-9-18/h1,7-12,14H,2,13,15H2,3-5H3. The maximum atomic E-state index is 13.3. The van der Waals surface area contributed by atoms with Gasteiger partial charge in [-0.15, -0.1) is 6.42 Å². The third-order valence-electron chi connectivity index (χ3n) is 3.87. The lowest BCUT2D eigenvalue weighted by Crippen LogP contribution is -2.33. The van der Waals surface area contributed by atoms with Crippen LogP contribution in [-0.2, 0) is 10.0 Å². The first-order valence-electron chi connectivity index (χ1n) is 8.12. The fourth-order valence-corrected chi connectivity index (χ4v) is 4.24. The van der Waals surface area contributed by atoms with E-state index in [1.807, 2.05) is 25.1 Å². The monoisotopic (exact) mass is 369 g/mol. The maximum Gasteiger partial charge on any atom is 0.244 e. The summed E-state index contributed by atoms with van der Waals surface area (Å²) in [6.07, 6.45) is 5.39. The van der Waals surface area contributed by atoms with Gasteiger partial charge in [0, 0.05) is 12.1 Å². The van der Waals surface area contributed by atoms with E-state index in [1.54, 1.807) is 38.3 Å². The van der Waals surface area contributed by atoms with Gasteiger partial charge in [-0.05, 0) is 37.6 Å². The van der Waals surface area contributed by atoms with Crippen molar-refractivity contribution in [2.75, 3.05) is 20.2 Å². The number of sulfonamides is 1. The summed E-state index contributed by atoms with van der Waals surface area (Å²) in [6, 6.07) is 12.6. The number of hydrogen-bond donors (Lipinski definition) is 0. The topological polar surface area (TPSA) is 46.6 Å². The zero-order chi connectivity index (χ0) is 19.3. The summed E-state index contributed by atoms with van der Waals surface area (Å²) in [5.41, 5.74) is 3.13. The van der Waals surface area contributed by atoms with Gasteiger partial charge in [-0.1, -0.05) is 47.9 Å². The molecule has 0 N–H and O–H groups in total. The molecule has 2 rings (SSSR count). The second kappa shape index (κ2) is 8.22. The lowest BCUT2D eigenvalue weighted by Gasteiger charge is -2.22. The first-order valence-corrected chi connectivity index (χ1v) is 9.56. The summed E-state index contributed by atoms with van der Waals surface area (Å²) in [5.74, 6) is 3.13. The van der Waals surface area contributed by atoms with Gasteiger partial charge in [-0.2, -0.15) is 4.31 Å². The molecule has 0 aromatic heterocycles. The molecule has 0 aliphatic rings. The highest BCUT2D eigenvalue weighted by atomic mass is 32.2. The lowest BCUT2D eigenvalue weighted by atomic mass is 10.0. The molecule has 0 saturated carbocycles. The Morgan fingerprint density at radius 1 is 1.23 bits per heavy atom. The van der Waals surface area contributed by atoms with E-state index in [-0.39, 0.29) is 18.0 Å². The van der Waals surface area contributed by atoms with Crippen LogP contribution in [0.2, 0.25) is 0 Å². The Kier molecular flexibility index (Phi) is 6.25. The fourth-order valence-electron chi connectivity index (χ4n) is 2.63. The lowest BCUT2D eigenvalue weighted by molar-refractivity contribution is 0.415. The average Bonchev–Trinajstić information content (AvgIpc) is 2.61. The molecule has 0 unspecified atom stereocenters. The van der Waals surface area contributed by atoms with Crippen molar-refractivity contribution >= 4 is 10.0 Å². The summed E-state index contributed by atoms with van der Waals surface area (Å²) >= 11 is 0. The Bertz CT molecular complexity index is 938. The number of rotatable bonds is 7. The second-order valence-corrected chi connectivity index (χ2v) is 8.07. The van der Waals surface area contributed by atoms with E-state index in [0.29, 0.717) is 11.3 Å². The summed E-state index contributed by atoms with van der Waals surface area (Å²) in [4.78, 5) is 0.227. The van der Waals surface area contributed by atoms with Crippen LogP contribution < -0.4 is 4.74 Å². The number of ether oxygens (including phenoxy) is 1. The smallest absolute Gasteiger partial charge is 0.244 e. The predicted octanol–water partition coefficient (Wildman–Crippen LogP) is 3.87. The number of hydrogen-bond acceptors (Lipinski definition) is 3. The molecule has 136 valence electrons. The largest absolute Gasteiger partial charge is 0.497 e. The van der Waals surface area contributed by atoms with Crippen molar-refractivity contribution in [2.45, 2.75) is 18.7 Å². The zero-order valence-corrected chi connectivity index (χ0v) is 16.1. The van der Waals surface area contributed by atoms with Crippen LogP contribution in [0, 0.1) is 19.3 Å². The van der Waals surface area contributed by atoms with Crippen LogP contribution in [0.25, 0.3) is 11.1 Å². The first kappa shape index (κ1) is 19.8. The Morgan fingerprint density at radius 2 is 1.88 bits per heavy atom. The van der Waals surface area contributed by atoms with Gasteiger partial charge in [-0.25, -0.2) is 8.42 Å². The zero-order valence-electron chi connectivity index (χ0n) is 15.3. The number of aryl methyl sites for hydroxylation is 1. The van der Waals surface area contributed by atoms with Crippen molar-refractivity contribution in [3.63, 3.8) is 0 Å². The first-order chi connectivity index (χ1) is 12.3. The van der Waals surface area contributed by atoms with Crippen molar-refractivity contribution in [3.05, 3.63) is 60.2 Å². The van der Waals surface area contributed by atoms with Crippen LogP contribution in [0.4, 0.5) is 0 Å². The molecular formula is C21H23NO3S. The minimum absolute atomic E-state index is 0.00881. The number of benzene rings is 2. The van der Waals surface area contributed by atoms with Crippen molar-refractivity contribution in [2.24, 2.45) is 0 Å². The van der Waals surface area contributed by atoms with E-state index >= 15 is 0 Å². The van der Waals surface area contributed by atoms with Crippen molar-refractivity contribution in [3.8, 4) is 29.2 Å².